The second kappa shape index (κ2) is 11.6. The van der Waals surface area contributed by atoms with E-state index in [0.29, 0.717) is 38.5 Å². The van der Waals surface area contributed by atoms with Crippen LogP contribution in [0.25, 0.3) is 0 Å². The van der Waals surface area contributed by atoms with Gasteiger partial charge in [-0.05, 0) is 51.9 Å². The summed E-state index contributed by atoms with van der Waals surface area (Å²) in [7, 11) is 1.30. The van der Waals surface area contributed by atoms with Gasteiger partial charge in [0.2, 0.25) is 0 Å². The number of thioether (sulfide) groups is 1. The predicted molar refractivity (Wildman–Crippen MR) is 135 cm³/mol. The third kappa shape index (κ3) is 6.48. The summed E-state index contributed by atoms with van der Waals surface area (Å²) >= 11 is 9.63. The maximum Gasteiger partial charge on any atom is 0.316 e. The van der Waals surface area contributed by atoms with Crippen LogP contribution < -0.4 is 0 Å². The fourth-order valence-corrected chi connectivity index (χ4v) is 7.14. The van der Waals surface area contributed by atoms with Gasteiger partial charge in [-0.15, -0.1) is 11.6 Å². The maximum absolute atomic E-state index is 12.3. The summed E-state index contributed by atoms with van der Waals surface area (Å²) in [4.78, 5) is 23.6. The fraction of sp³-hybridized carbons (Fsp3) is 0.826. The largest absolute Gasteiger partial charge is 0.468 e. The van der Waals surface area contributed by atoms with Crippen molar-refractivity contribution in [2.24, 2.45) is 0 Å². The Hall–Kier alpha value is 0.0500. The summed E-state index contributed by atoms with van der Waals surface area (Å²) in [6, 6.07) is 0. The lowest BCUT2D eigenvalue weighted by Gasteiger charge is -2.47. The molecule has 4 heterocycles. The quantitative estimate of drug-likeness (QED) is 0.233. The molecule has 8 nitrogen and oxygen atoms in total. The fourth-order valence-electron chi connectivity index (χ4n) is 5.35. The van der Waals surface area contributed by atoms with Crippen LogP contribution in [-0.4, -0.2) is 82.9 Å². The van der Waals surface area contributed by atoms with Crippen molar-refractivity contribution in [3.05, 3.63) is 10.2 Å². The summed E-state index contributed by atoms with van der Waals surface area (Å²) in [5.41, 5.74) is 0. The second-order valence-corrected chi connectivity index (χ2v) is 12.6. The molecule has 4 rings (SSSR count). The van der Waals surface area contributed by atoms with Crippen molar-refractivity contribution in [1.29, 1.82) is 0 Å². The number of methoxy groups -OCH3 is 1. The lowest BCUT2D eigenvalue weighted by atomic mass is 9.86. The molecular weight excluding hydrogens is 599 g/mol. The number of rotatable bonds is 9. The second-order valence-electron chi connectivity index (χ2n) is 9.47. The van der Waals surface area contributed by atoms with Gasteiger partial charge >= 0.3 is 5.97 Å². The Morgan fingerprint density at radius 3 is 2.76 bits per heavy atom. The standard InChI is InChI=1S/C23H32ClIO8S/c1-12(25)7-13(24)5-6-23-10-15(26)21(33-23)17-9-18(32-23)22-16(31-17)4-3-14(30-22)8-20(28)34-11-19(27)29-2/h13-18,21-22,26H,1,3-11H2,2H3/t13-,14-,15?,16+,17-,18-,21?,22?,23-/m1/s1. The summed E-state index contributed by atoms with van der Waals surface area (Å²) in [6.45, 7) is 3.92. The van der Waals surface area contributed by atoms with Crippen LogP contribution >= 0.6 is 46.0 Å². The number of esters is 1. The normalized spacial score (nSPS) is 39.6. The number of fused-ring (bicyclic) bond motifs is 7. The van der Waals surface area contributed by atoms with E-state index in [2.05, 4.69) is 33.9 Å². The van der Waals surface area contributed by atoms with Crippen molar-refractivity contribution in [2.75, 3.05) is 12.9 Å². The molecule has 0 aromatic heterocycles. The number of ether oxygens (including phenoxy) is 5. The average molecular weight is 631 g/mol. The minimum absolute atomic E-state index is 0.000674. The number of allylic oxidation sites excluding steroid dienone is 1. The minimum atomic E-state index is -0.927. The first-order valence-corrected chi connectivity index (χ1v) is 14.2. The minimum Gasteiger partial charge on any atom is -0.468 e. The molecule has 0 radical (unpaired) electrons. The van der Waals surface area contributed by atoms with Crippen LogP contribution in [0, 0.1) is 0 Å². The summed E-state index contributed by atoms with van der Waals surface area (Å²) in [5, 5.41) is 10.5. The van der Waals surface area contributed by atoms with Gasteiger partial charge in [0.05, 0.1) is 43.4 Å². The highest BCUT2D eigenvalue weighted by atomic mass is 127. The zero-order valence-corrected chi connectivity index (χ0v) is 22.9. The third-order valence-corrected chi connectivity index (χ3v) is 8.59. The molecule has 4 bridgehead atoms. The molecule has 192 valence electrons. The first kappa shape index (κ1) is 27.1. The molecule has 0 aromatic rings. The monoisotopic (exact) mass is 630 g/mol. The highest BCUT2D eigenvalue weighted by molar-refractivity contribution is 14.1. The number of alkyl halides is 1. The molecule has 4 aliphatic rings. The van der Waals surface area contributed by atoms with Crippen molar-refractivity contribution in [1.82, 2.24) is 0 Å². The highest BCUT2D eigenvalue weighted by Crippen LogP contribution is 2.48. The Bertz CT molecular complexity index is 786. The highest BCUT2D eigenvalue weighted by Gasteiger charge is 2.59. The summed E-state index contributed by atoms with van der Waals surface area (Å²) in [5.74, 6) is -1.35. The molecule has 4 fully saturated rings. The first-order chi connectivity index (χ1) is 16.2. The van der Waals surface area contributed by atoms with Gasteiger partial charge in [0, 0.05) is 31.1 Å². The van der Waals surface area contributed by atoms with Gasteiger partial charge in [0.15, 0.2) is 10.9 Å². The van der Waals surface area contributed by atoms with Crippen molar-refractivity contribution in [3.63, 3.8) is 0 Å². The topological polar surface area (TPSA) is 101 Å². The molecule has 1 N–H and O–H groups in total. The SMILES string of the molecule is C=C(I)C[C@H](Cl)CC[C@]12CC(O)C(O1)[C@H]1C[C@@H](O2)C2O[C@@H](CC(=O)SCC(=O)OC)CC[C@@H]2O1. The Labute approximate surface area is 222 Å². The molecule has 9 atom stereocenters. The van der Waals surface area contributed by atoms with Crippen molar-refractivity contribution in [3.8, 4) is 0 Å². The van der Waals surface area contributed by atoms with Crippen LogP contribution in [0.2, 0.25) is 0 Å². The van der Waals surface area contributed by atoms with Crippen molar-refractivity contribution >= 4 is 57.0 Å². The molecule has 11 heteroatoms. The van der Waals surface area contributed by atoms with Gasteiger partial charge in [0.25, 0.3) is 0 Å². The van der Waals surface area contributed by atoms with Gasteiger partial charge in [-0.1, -0.05) is 18.3 Å². The van der Waals surface area contributed by atoms with E-state index in [9.17, 15) is 14.7 Å². The van der Waals surface area contributed by atoms with E-state index in [0.717, 1.165) is 21.8 Å². The summed E-state index contributed by atoms with van der Waals surface area (Å²) < 4.78 is 31.2. The molecule has 0 amide bonds. The van der Waals surface area contributed by atoms with E-state index in [1.54, 1.807) is 0 Å². The smallest absolute Gasteiger partial charge is 0.316 e. The van der Waals surface area contributed by atoms with Gasteiger partial charge in [-0.3, -0.25) is 9.59 Å². The Balaban J connectivity index is 1.39. The number of hydrogen-bond donors (Lipinski definition) is 1. The third-order valence-electron chi connectivity index (χ3n) is 6.91. The van der Waals surface area contributed by atoms with Gasteiger partial charge < -0.3 is 28.8 Å². The maximum atomic E-state index is 12.3. The number of hydrogen-bond acceptors (Lipinski definition) is 9. The van der Waals surface area contributed by atoms with Crippen LogP contribution in [0.15, 0.2) is 10.2 Å². The molecule has 0 aliphatic carbocycles. The molecule has 0 saturated carbocycles. The van der Waals surface area contributed by atoms with Gasteiger partial charge in [0.1, 0.15) is 12.2 Å². The molecule has 0 aromatic carbocycles. The van der Waals surface area contributed by atoms with Crippen LogP contribution in [0.3, 0.4) is 0 Å². The molecule has 0 spiro atoms. The Morgan fingerprint density at radius 1 is 1.24 bits per heavy atom. The first-order valence-electron chi connectivity index (χ1n) is 11.7. The van der Waals surface area contributed by atoms with E-state index >= 15 is 0 Å². The predicted octanol–water partition coefficient (Wildman–Crippen LogP) is 3.49. The lowest BCUT2D eigenvalue weighted by Crippen LogP contribution is -2.58. The van der Waals surface area contributed by atoms with Crippen LogP contribution in [0.1, 0.15) is 51.4 Å². The molecular formula is C23H32ClIO8S. The lowest BCUT2D eigenvalue weighted by molar-refractivity contribution is -0.276. The number of aliphatic hydroxyl groups excluding tert-OH is 1. The van der Waals surface area contributed by atoms with Crippen LogP contribution in [-0.2, 0) is 33.3 Å². The van der Waals surface area contributed by atoms with E-state index in [-0.39, 0.29) is 53.2 Å². The molecule has 3 unspecified atom stereocenters. The van der Waals surface area contributed by atoms with Crippen LogP contribution in [0.4, 0.5) is 0 Å². The van der Waals surface area contributed by atoms with E-state index in [4.69, 9.17) is 30.5 Å². The molecule has 4 aliphatic heterocycles. The van der Waals surface area contributed by atoms with Crippen LogP contribution in [0.5, 0.6) is 0 Å². The Morgan fingerprint density at radius 2 is 2.03 bits per heavy atom. The average Bonchev–Trinajstić information content (AvgIpc) is 3.05. The van der Waals surface area contributed by atoms with Gasteiger partial charge in [-0.25, -0.2) is 0 Å². The van der Waals surface area contributed by atoms with Crippen molar-refractivity contribution in [2.45, 2.75) is 105 Å². The molecule has 34 heavy (non-hydrogen) atoms. The van der Waals surface area contributed by atoms with Crippen molar-refractivity contribution < 1.29 is 38.4 Å². The number of carbonyl (C=O) groups is 2. The van der Waals surface area contributed by atoms with E-state index in [1.165, 1.54) is 7.11 Å². The number of aliphatic hydroxyl groups is 1. The zero-order valence-electron chi connectivity index (χ0n) is 19.2. The van der Waals surface area contributed by atoms with E-state index in [1.807, 2.05) is 0 Å². The number of halogens is 2. The summed E-state index contributed by atoms with van der Waals surface area (Å²) in [6.07, 6.45) is 2.15. The van der Waals surface area contributed by atoms with E-state index < -0.39 is 24.0 Å². The Kier molecular flexibility index (Phi) is 9.26. The zero-order chi connectivity index (χ0) is 24.5. The number of carbonyl (C=O) groups excluding carboxylic acids is 2. The molecule has 4 saturated heterocycles. The van der Waals surface area contributed by atoms with Gasteiger partial charge in [-0.2, -0.15) is 0 Å².